The van der Waals surface area contributed by atoms with Crippen molar-refractivity contribution in [2.45, 2.75) is 19.4 Å². The van der Waals surface area contributed by atoms with Crippen molar-refractivity contribution in [1.82, 2.24) is 4.98 Å². The van der Waals surface area contributed by atoms with Crippen LogP contribution < -0.4 is 16.2 Å². The smallest absolute Gasteiger partial charge is 0.0617 e. The number of aromatic nitrogens is 1. The van der Waals surface area contributed by atoms with Crippen molar-refractivity contribution in [2.75, 3.05) is 16.9 Å². The first-order valence-electron chi connectivity index (χ1n) is 6.61. The zero-order valence-corrected chi connectivity index (χ0v) is 10.8. The van der Waals surface area contributed by atoms with Crippen LogP contribution in [0.1, 0.15) is 17.7 Å². The lowest BCUT2D eigenvalue weighted by atomic mass is 10.0. The molecule has 4 nitrogen and oxygen atoms in total. The Morgan fingerprint density at radius 3 is 3.05 bits per heavy atom. The maximum absolute atomic E-state index is 5.44. The minimum absolute atomic E-state index is 0.826. The van der Waals surface area contributed by atoms with Crippen LogP contribution in [-0.4, -0.2) is 11.5 Å². The highest BCUT2D eigenvalue weighted by atomic mass is 15.2. The summed E-state index contributed by atoms with van der Waals surface area (Å²) in [6.07, 6.45) is 4.16. The summed E-state index contributed by atoms with van der Waals surface area (Å²) in [5, 5.41) is 0. The average Bonchev–Trinajstić information content (AvgIpc) is 2.48. The van der Waals surface area contributed by atoms with Gasteiger partial charge in [0.05, 0.1) is 17.9 Å². The van der Waals surface area contributed by atoms with Gasteiger partial charge in [0.2, 0.25) is 0 Å². The Kier molecular flexibility index (Phi) is 3.33. The van der Waals surface area contributed by atoms with E-state index in [-0.39, 0.29) is 0 Å². The molecular weight excluding hydrogens is 236 g/mol. The van der Waals surface area contributed by atoms with Crippen LogP contribution in [0, 0.1) is 0 Å². The number of hydrogen-bond acceptors (Lipinski definition) is 4. The normalized spacial score (nSPS) is 14.1. The number of aryl methyl sites for hydroxylation is 1. The van der Waals surface area contributed by atoms with E-state index in [9.17, 15) is 0 Å². The molecule has 3 rings (SSSR count). The Bertz CT molecular complexity index is 568. The fourth-order valence-electron chi connectivity index (χ4n) is 2.63. The van der Waals surface area contributed by atoms with Crippen LogP contribution in [0.5, 0.6) is 0 Å². The molecule has 3 N–H and O–H groups in total. The highest BCUT2D eigenvalue weighted by Gasteiger charge is 2.16. The van der Waals surface area contributed by atoms with Gasteiger partial charge in [-0.1, -0.05) is 18.2 Å². The fraction of sp³-hybridized carbons (Fsp3) is 0.267. The van der Waals surface area contributed by atoms with Gasteiger partial charge in [-0.2, -0.15) is 0 Å². The third-order valence-electron chi connectivity index (χ3n) is 3.54. The first kappa shape index (κ1) is 12.0. The molecule has 1 aromatic heterocycles. The zero-order chi connectivity index (χ0) is 13.1. The molecule has 0 aliphatic carbocycles. The number of nitrogens with one attached hydrogen (secondary N) is 1. The summed E-state index contributed by atoms with van der Waals surface area (Å²) in [7, 11) is 0. The summed E-state index contributed by atoms with van der Waals surface area (Å²) in [4.78, 5) is 6.81. The predicted octanol–water partition coefficient (Wildman–Crippen LogP) is 2.32. The molecule has 19 heavy (non-hydrogen) atoms. The minimum Gasteiger partial charge on any atom is -0.365 e. The Hall–Kier alpha value is -2.07. The second kappa shape index (κ2) is 5.28. The van der Waals surface area contributed by atoms with Gasteiger partial charge in [0, 0.05) is 18.4 Å². The molecule has 0 spiro atoms. The predicted molar refractivity (Wildman–Crippen MR) is 77.9 cm³/mol. The van der Waals surface area contributed by atoms with E-state index in [4.69, 9.17) is 5.84 Å². The van der Waals surface area contributed by atoms with E-state index in [0.29, 0.717) is 0 Å². The average molecular weight is 254 g/mol. The number of hydrogen-bond donors (Lipinski definition) is 2. The molecule has 0 radical (unpaired) electrons. The zero-order valence-electron chi connectivity index (χ0n) is 10.8. The standard InChI is InChI=1S/C15H18N4/c16-18-13-7-8-17-14(10-13)11-19-9-3-5-12-4-1-2-6-15(12)19/h1-2,4,6-8,10H,3,5,9,11,16H2,(H,17,18). The van der Waals surface area contributed by atoms with Crippen LogP contribution in [0.4, 0.5) is 11.4 Å². The van der Waals surface area contributed by atoms with Crippen LogP contribution in [-0.2, 0) is 13.0 Å². The highest BCUT2D eigenvalue weighted by molar-refractivity contribution is 5.55. The number of hydrazine groups is 1. The molecule has 1 aliphatic heterocycles. The lowest BCUT2D eigenvalue weighted by molar-refractivity contribution is 0.684. The van der Waals surface area contributed by atoms with Gasteiger partial charge in [-0.05, 0) is 36.6 Å². The Labute approximate surface area is 113 Å². The quantitative estimate of drug-likeness (QED) is 0.652. The van der Waals surface area contributed by atoms with E-state index in [1.54, 1.807) is 6.20 Å². The second-order valence-electron chi connectivity index (χ2n) is 4.83. The summed E-state index contributed by atoms with van der Waals surface area (Å²) < 4.78 is 0. The molecule has 0 atom stereocenters. The number of nitrogen functional groups attached to an aromatic ring is 1. The van der Waals surface area contributed by atoms with Crippen molar-refractivity contribution in [3.63, 3.8) is 0 Å². The molecule has 0 saturated heterocycles. The Morgan fingerprint density at radius 1 is 1.26 bits per heavy atom. The monoisotopic (exact) mass is 254 g/mol. The van der Waals surface area contributed by atoms with Crippen LogP contribution >= 0.6 is 0 Å². The third-order valence-corrected chi connectivity index (χ3v) is 3.54. The van der Waals surface area contributed by atoms with Gasteiger partial charge in [0.1, 0.15) is 0 Å². The van der Waals surface area contributed by atoms with Crippen molar-refractivity contribution in [3.8, 4) is 0 Å². The largest absolute Gasteiger partial charge is 0.365 e. The lowest BCUT2D eigenvalue weighted by Crippen LogP contribution is -2.29. The van der Waals surface area contributed by atoms with E-state index in [2.05, 4.69) is 39.6 Å². The van der Waals surface area contributed by atoms with E-state index in [0.717, 1.165) is 24.5 Å². The number of nitrogens with two attached hydrogens (primary N) is 1. The summed E-state index contributed by atoms with van der Waals surface area (Å²) in [6.45, 7) is 1.91. The SMILES string of the molecule is NNc1ccnc(CN2CCCc3ccccc32)c1. The fourth-order valence-corrected chi connectivity index (χ4v) is 2.63. The van der Waals surface area contributed by atoms with Gasteiger partial charge in [-0.25, -0.2) is 0 Å². The lowest BCUT2D eigenvalue weighted by Gasteiger charge is -2.31. The summed E-state index contributed by atoms with van der Waals surface area (Å²) in [6, 6.07) is 12.5. The maximum Gasteiger partial charge on any atom is 0.0617 e. The highest BCUT2D eigenvalue weighted by Crippen LogP contribution is 2.27. The Morgan fingerprint density at radius 2 is 2.16 bits per heavy atom. The number of pyridine rings is 1. The van der Waals surface area contributed by atoms with Crippen LogP contribution in [0.2, 0.25) is 0 Å². The molecule has 0 unspecified atom stereocenters. The van der Waals surface area contributed by atoms with Crippen molar-refractivity contribution in [3.05, 3.63) is 53.9 Å². The first-order chi connectivity index (χ1) is 9.36. The van der Waals surface area contributed by atoms with E-state index in [1.807, 2.05) is 12.1 Å². The van der Waals surface area contributed by atoms with E-state index < -0.39 is 0 Å². The number of rotatable bonds is 3. The topological polar surface area (TPSA) is 54.2 Å². The molecule has 2 aromatic rings. The van der Waals surface area contributed by atoms with Crippen molar-refractivity contribution < 1.29 is 0 Å². The van der Waals surface area contributed by atoms with Gasteiger partial charge < -0.3 is 10.3 Å². The second-order valence-corrected chi connectivity index (χ2v) is 4.83. The Balaban J connectivity index is 1.84. The molecule has 98 valence electrons. The van der Waals surface area contributed by atoms with E-state index in [1.165, 1.54) is 24.1 Å². The number of benzene rings is 1. The number of para-hydroxylation sites is 1. The van der Waals surface area contributed by atoms with Crippen LogP contribution in [0.25, 0.3) is 0 Å². The van der Waals surface area contributed by atoms with Gasteiger partial charge in [-0.3, -0.25) is 10.8 Å². The molecule has 1 aromatic carbocycles. The van der Waals surface area contributed by atoms with Gasteiger partial charge in [0.25, 0.3) is 0 Å². The first-order valence-corrected chi connectivity index (χ1v) is 6.61. The van der Waals surface area contributed by atoms with Gasteiger partial charge in [-0.15, -0.1) is 0 Å². The van der Waals surface area contributed by atoms with Crippen molar-refractivity contribution >= 4 is 11.4 Å². The van der Waals surface area contributed by atoms with Crippen molar-refractivity contribution in [2.24, 2.45) is 5.84 Å². The molecule has 4 heteroatoms. The van der Waals surface area contributed by atoms with Crippen LogP contribution in [0.15, 0.2) is 42.6 Å². The summed E-state index contributed by atoms with van der Waals surface area (Å²) in [5.41, 5.74) is 7.37. The molecule has 0 saturated carbocycles. The number of fused-ring (bicyclic) bond motifs is 1. The molecular formula is C15H18N4. The molecule has 0 bridgehead atoms. The van der Waals surface area contributed by atoms with Gasteiger partial charge >= 0.3 is 0 Å². The maximum atomic E-state index is 5.44. The molecule has 2 heterocycles. The van der Waals surface area contributed by atoms with E-state index >= 15 is 0 Å². The molecule has 0 fully saturated rings. The minimum atomic E-state index is 0.826. The summed E-state index contributed by atoms with van der Waals surface area (Å²) in [5.74, 6) is 5.44. The third kappa shape index (κ3) is 2.53. The van der Waals surface area contributed by atoms with Crippen molar-refractivity contribution in [1.29, 1.82) is 0 Å². The number of nitrogens with zero attached hydrogens (tertiary/aromatic N) is 2. The summed E-state index contributed by atoms with van der Waals surface area (Å²) >= 11 is 0. The molecule has 0 amide bonds. The number of anilines is 2. The van der Waals surface area contributed by atoms with Gasteiger partial charge in [0.15, 0.2) is 0 Å². The van der Waals surface area contributed by atoms with Crippen LogP contribution in [0.3, 0.4) is 0 Å². The molecule has 1 aliphatic rings.